The fraction of sp³-hybridized carbons (Fsp3) is 0.385. The van der Waals surface area contributed by atoms with Crippen molar-refractivity contribution in [3.8, 4) is 0 Å². The van der Waals surface area contributed by atoms with Crippen molar-refractivity contribution < 1.29 is 14.5 Å². The summed E-state index contributed by atoms with van der Waals surface area (Å²) in [6.45, 7) is 0.373. The van der Waals surface area contributed by atoms with Gasteiger partial charge in [0.15, 0.2) is 0 Å². The van der Waals surface area contributed by atoms with Crippen LogP contribution in [0, 0.1) is 10.1 Å². The number of nitrogens with zero attached hydrogens (tertiary/aromatic N) is 1. The smallest absolute Gasteiger partial charge is 0.270 e. The van der Waals surface area contributed by atoms with Crippen LogP contribution in [-0.2, 0) is 4.79 Å². The van der Waals surface area contributed by atoms with Gasteiger partial charge in [0.1, 0.15) is 0 Å². The van der Waals surface area contributed by atoms with E-state index in [1.165, 1.54) is 18.2 Å². The summed E-state index contributed by atoms with van der Waals surface area (Å²) >= 11 is 0. The van der Waals surface area contributed by atoms with Gasteiger partial charge in [0.25, 0.3) is 11.6 Å². The van der Waals surface area contributed by atoms with Crippen molar-refractivity contribution in [1.29, 1.82) is 0 Å². The minimum atomic E-state index is -0.553. The monoisotopic (exact) mass is 294 g/mol. The molecule has 0 aliphatic carbocycles. The zero-order chi connectivity index (χ0) is 15.8. The molecule has 0 heterocycles. The largest absolute Gasteiger partial charge is 0.387 e. The van der Waals surface area contributed by atoms with Gasteiger partial charge in [-0.05, 0) is 18.9 Å². The number of nitro groups is 1. The SMILES string of the molecule is CNc1ccc([N+](=O)[O-])cc1C(=O)NCCCCC(N)=O. The molecule has 0 saturated heterocycles. The summed E-state index contributed by atoms with van der Waals surface area (Å²) in [7, 11) is 1.63. The Morgan fingerprint density at radius 1 is 1.33 bits per heavy atom. The maximum atomic E-state index is 12.0. The molecule has 0 aliphatic rings. The Bertz CT molecular complexity index is 545. The third kappa shape index (κ3) is 5.09. The summed E-state index contributed by atoms with van der Waals surface area (Å²) < 4.78 is 0. The van der Waals surface area contributed by atoms with Gasteiger partial charge in [-0.2, -0.15) is 0 Å². The normalized spacial score (nSPS) is 9.95. The van der Waals surface area contributed by atoms with E-state index in [0.717, 1.165) is 0 Å². The van der Waals surface area contributed by atoms with Gasteiger partial charge < -0.3 is 16.4 Å². The number of rotatable bonds is 8. The fourth-order valence-corrected chi connectivity index (χ4v) is 1.77. The highest BCUT2D eigenvalue weighted by molar-refractivity contribution is 6.00. The van der Waals surface area contributed by atoms with Crippen LogP contribution >= 0.6 is 0 Å². The maximum Gasteiger partial charge on any atom is 0.270 e. The summed E-state index contributed by atoms with van der Waals surface area (Å²) in [6, 6.07) is 4.04. The molecule has 8 nitrogen and oxygen atoms in total. The molecule has 0 fully saturated rings. The van der Waals surface area contributed by atoms with Gasteiger partial charge in [-0.1, -0.05) is 0 Å². The van der Waals surface area contributed by atoms with E-state index < -0.39 is 10.8 Å². The van der Waals surface area contributed by atoms with Crippen LogP contribution in [0.15, 0.2) is 18.2 Å². The Labute approximate surface area is 121 Å². The molecule has 0 bridgehead atoms. The lowest BCUT2D eigenvalue weighted by molar-refractivity contribution is -0.384. The summed E-state index contributed by atoms with van der Waals surface area (Å²) in [5.74, 6) is -0.778. The minimum absolute atomic E-state index is 0.145. The van der Waals surface area contributed by atoms with Crippen LogP contribution in [0.25, 0.3) is 0 Å². The van der Waals surface area contributed by atoms with Crippen molar-refractivity contribution in [2.75, 3.05) is 18.9 Å². The van der Waals surface area contributed by atoms with Gasteiger partial charge in [0.2, 0.25) is 5.91 Å². The molecule has 1 aromatic rings. The topological polar surface area (TPSA) is 127 Å². The van der Waals surface area contributed by atoms with Gasteiger partial charge in [-0.25, -0.2) is 0 Å². The third-order valence-corrected chi connectivity index (χ3v) is 2.86. The predicted octanol–water partition coefficient (Wildman–Crippen LogP) is 1.02. The fourth-order valence-electron chi connectivity index (χ4n) is 1.77. The van der Waals surface area contributed by atoms with Crippen molar-refractivity contribution in [3.05, 3.63) is 33.9 Å². The van der Waals surface area contributed by atoms with E-state index in [2.05, 4.69) is 10.6 Å². The summed E-state index contributed by atoms with van der Waals surface area (Å²) in [4.78, 5) is 32.8. The number of non-ortho nitro benzene ring substituents is 1. The third-order valence-electron chi connectivity index (χ3n) is 2.86. The molecule has 114 valence electrons. The van der Waals surface area contributed by atoms with Crippen molar-refractivity contribution >= 4 is 23.2 Å². The van der Waals surface area contributed by atoms with Crippen LogP contribution < -0.4 is 16.4 Å². The molecule has 2 amide bonds. The molecule has 0 radical (unpaired) electrons. The molecular formula is C13H18N4O4. The minimum Gasteiger partial charge on any atom is -0.387 e. The van der Waals surface area contributed by atoms with Gasteiger partial charge >= 0.3 is 0 Å². The second-order valence-corrected chi connectivity index (χ2v) is 4.42. The summed E-state index contributed by atoms with van der Waals surface area (Å²) in [6.07, 6.45) is 1.47. The number of unbranched alkanes of at least 4 members (excludes halogenated alkanes) is 1. The number of amides is 2. The maximum absolute atomic E-state index is 12.0. The van der Waals surface area contributed by atoms with Crippen molar-refractivity contribution in [3.63, 3.8) is 0 Å². The number of hydrogen-bond acceptors (Lipinski definition) is 5. The van der Waals surface area contributed by atoms with Crippen LogP contribution in [0.3, 0.4) is 0 Å². The number of benzene rings is 1. The van der Waals surface area contributed by atoms with Crippen LogP contribution in [0.2, 0.25) is 0 Å². The van der Waals surface area contributed by atoms with Crippen LogP contribution in [0.4, 0.5) is 11.4 Å². The first-order valence-corrected chi connectivity index (χ1v) is 6.48. The van der Waals surface area contributed by atoms with E-state index in [1.54, 1.807) is 7.05 Å². The number of anilines is 1. The van der Waals surface area contributed by atoms with Crippen molar-refractivity contribution in [2.24, 2.45) is 5.73 Å². The van der Waals surface area contributed by atoms with Crippen LogP contribution in [0.1, 0.15) is 29.6 Å². The van der Waals surface area contributed by atoms with Crippen LogP contribution in [-0.4, -0.2) is 30.3 Å². The molecule has 1 rings (SSSR count). The highest BCUT2D eigenvalue weighted by Gasteiger charge is 2.15. The average molecular weight is 294 g/mol. The Morgan fingerprint density at radius 2 is 2.05 bits per heavy atom. The molecule has 0 unspecified atom stereocenters. The Morgan fingerprint density at radius 3 is 2.62 bits per heavy atom. The number of primary amides is 1. The predicted molar refractivity (Wildman–Crippen MR) is 78.0 cm³/mol. The molecule has 0 spiro atoms. The van der Waals surface area contributed by atoms with Crippen molar-refractivity contribution in [1.82, 2.24) is 5.32 Å². The first-order valence-electron chi connectivity index (χ1n) is 6.48. The quantitative estimate of drug-likeness (QED) is 0.375. The Hall–Kier alpha value is -2.64. The molecule has 0 atom stereocenters. The molecule has 21 heavy (non-hydrogen) atoms. The average Bonchev–Trinajstić information content (AvgIpc) is 2.45. The van der Waals surface area contributed by atoms with E-state index in [-0.39, 0.29) is 23.6 Å². The number of nitrogens with one attached hydrogen (secondary N) is 2. The first-order chi connectivity index (χ1) is 9.95. The number of nitrogens with two attached hydrogens (primary N) is 1. The first kappa shape index (κ1) is 16.4. The molecular weight excluding hydrogens is 276 g/mol. The van der Waals surface area contributed by atoms with Gasteiger partial charge in [0, 0.05) is 37.8 Å². The lowest BCUT2D eigenvalue weighted by Crippen LogP contribution is -2.25. The number of carbonyl (C=O) groups is 2. The van der Waals surface area contributed by atoms with E-state index in [1.807, 2.05) is 0 Å². The zero-order valence-corrected chi connectivity index (χ0v) is 11.7. The zero-order valence-electron chi connectivity index (χ0n) is 11.7. The highest BCUT2D eigenvalue weighted by atomic mass is 16.6. The van der Waals surface area contributed by atoms with Crippen LogP contribution in [0.5, 0.6) is 0 Å². The standard InChI is InChI=1S/C13H18N4O4/c1-15-11-6-5-9(17(20)21)8-10(11)13(19)16-7-3-2-4-12(14)18/h5-6,8,15H,2-4,7H2,1H3,(H2,14,18)(H,16,19). The van der Waals surface area contributed by atoms with Gasteiger partial charge in [-0.15, -0.1) is 0 Å². The van der Waals surface area contributed by atoms with Crippen molar-refractivity contribution in [2.45, 2.75) is 19.3 Å². The van der Waals surface area contributed by atoms with Gasteiger partial charge in [-0.3, -0.25) is 19.7 Å². The summed E-state index contributed by atoms with van der Waals surface area (Å²) in [5.41, 5.74) is 5.58. The lowest BCUT2D eigenvalue weighted by atomic mass is 10.1. The van der Waals surface area contributed by atoms with E-state index in [4.69, 9.17) is 5.73 Å². The van der Waals surface area contributed by atoms with E-state index in [9.17, 15) is 19.7 Å². The Kier molecular flexibility index (Phi) is 6.12. The molecule has 1 aromatic carbocycles. The van der Waals surface area contributed by atoms with E-state index in [0.29, 0.717) is 25.1 Å². The number of nitro benzene ring substituents is 1. The number of carbonyl (C=O) groups excluding carboxylic acids is 2. The molecule has 0 aromatic heterocycles. The van der Waals surface area contributed by atoms with E-state index >= 15 is 0 Å². The molecule has 4 N–H and O–H groups in total. The second-order valence-electron chi connectivity index (χ2n) is 4.42. The molecule has 0 aliphatic heterocycles. The summed E-state index contributed by atoms with van der Waals surface area (Å²) in [5, 5.41) is 16.2. The van der Waals surface area contributed by atoms with Gasteiger partial charge in [0.05, 0.1) is 10.5 Å². The highest BCUT2D eigenvalue weighted by Crippen LogP contribution is 2.21. The number of hydrogen-bond donors (Lipinski definition) is 3. The molecule has 8 heteroatoms. The second kappa shape index (κ2) is 7.83. The Balaban J connectivity index is 2.65. The lowest BCUT2D eigenvalue weighted by Gasteiger charge is -2.09. The molecule has 0 saturated carbocycles.